The van der Waals surface area contributed by atoms with Crippen molar-refractivity contribution in [2.24, 2.45) is 5.92 Å². The first-order valence-corrected chi connectivity index (χ1v) is 11.6. The summed E-state index contributed by atoms with van der Waals surface area (Å²) >= 11 is 7.51. The second-order valence-electron chi connectivity index (χ2n) is 7.74. The normalized spacial score (nSPS) is 14.8. The predicted molar refractivity (Wildman–Crippen MR) is 122 cm³/mol. The van der Waals surface area contributed by atoms with Crippen molar-refractivity contribution < 1.29 is 4.79 Å². The zero-order valence-electron chi connectivity index (χ0n) is 17.0. The fraction of sp³-hybridized carbons (Fsp3) is 0.348. The lowest BCUT2D eigenvalue weighted by atomic mass is 9.99. The first-order chi connectivity index (χ1) is 14.6. The van der Waals surface area contributed by atoms with Gasteiger partial charge < -0.3 is 4.90 Å². The number of hydrogen-bond donors (Lipinski definition) is 0. The number of likely N-dealkylation sites (tertiary alicyclic amines) is 1. The van der Waals surface area contributed by atoms with Crippen LogP contribution >= 0.6 is 23.4 Å². The quantitative estimate of drug-likeness (QED) is 0.506. The Hall–Kier alpha value is -2.31. The minimum absolute atomic E-state index is 0.175. The van der Waals surface area contributed by atoms with Gasteiger partial charge in [0.15, 0.2) is 11.0 Å². The van der Waals surface area contributed by atoms with Crippen molar-refractivity contribution in [3.8, 4) is 11.4 Å². The molecule has 0 bridgehead atoms. The van der Waals surface area contributed by atoms with Crippen LogP contribution in [0.5, 0.6) is 0 Å². The lowest BCUT2D eigenvalue weighted by Crippen LogP contribution is -2.38. The fourth-order valence-corrected chi connectivity index (χ4v) is 4.56. The summed E-state index contributed by atoms with van der Waals surface area (Å²) in [6.45, 7) is 4.60. The molecule has 1 aliphatic rings. The molecule has 5 nitrogen and oxygen atoms in total. The third-order valence-electron chi connectivity index (χ3n) is 5.46. The average Bonchev–Trinajstić information content (AvgIpc) is 3.16. The number of hydrogen-bond acceptors (Lipinski definition) is 4. The molecule has 1 amide bonds. The lowest BCUT2D eigenvalue weighted by Gasteiger charge is -2.30. The highest BCUT2D eigenvalue weighted by molar-refractivity contribution is 7.99. The van der Waals surface area contributed by atoms with Gasteiger partial charge in [-0.2, -0.15) is 0 Å². The van der Waals surface area contributed by atoms with Crippen molar-refractivity contribution in [1.82, 2.24) is 19.7 Å². The Morgan fingerprint density at radius 2 is 1.77 bits per heavy atom. The number of aromatic nitrogens is 3. The van der Waals surface area contributed by atoms with Crippen LogP contribution in [0.25, 0.3) is 11.4 Å². The van der Waals surface area contributed by atoms with E-state index in [1.807, 2.05) is 47.4 Å². The number of amides is 1. The van der Waals surface area contributed by atoms with Crippen molar-refractivity contribution in [3.05, 3.63) is 65.2 Å². The maximum atomic E-state index is 12.7. The van der Waals surface area contributed by atoms with Crippen molar-refractivity contribution >= 4 is 29.3 Å². The first kappa shape index (κ1) is 20.9. The van der Waals surface area contributed by atoms with Gasteiger partial charge in [0.1, 0.15) is 0 Å². The largest absolute Gasteiger partial charge is 0.342 e. The minimum Gasteiger partial charge on any atom is -0.342 e. The van der Waals surface area contributed by atoms with Crippen LogP contribution in [0.15, 0.2) is 59.8 Å². The average molecular weight is 441 g/mol. The zero-order valence-corrected chi connectivity index (χ0v) is 18.6. The van der Waals surface area contributed by atoms with E-state index in [-0.39, 0.29) is 5.91 Å². The highest BCUT2D eigenvalue weighted by Gasteiger charge is 2.22. The third kappa shape index (κ3) is 5.05. The molecule has 0 atom stereocenters. The zero-order chi connectivity index (χ0) is 20.9. The Balaban J connectivity index is 1.54. The van der Waals surface area contributed by atoms with E-state index < -0.39 is 0 Å². The molecule has 0 aliphatic carbocycles. The van der Waals surface area contributed by atoms with Crippen LogP contribution in [0.1, 0.15) is 25.3 Å². The van der Waals surface area contributed by atoms with Crippen LogP contribution in [0.4, 0.5) is 0 Å². The van der Waals surface area contributed by atoms with Gasteiger partial charge in [-0.15, -0.1) is 10.2 Å². The van der Waals surface area contributed by atoms with E-state index in [1.54, 1.807) is 0 Å². The van der Waals surface area contributed by atoms with Gasteiger partial charge in [-0.05, 0) is 48.6 Å². The molecular weight excluding hydrogens is 416 g/mol. The van der Waals surface area contributed by atoms with Gasteiger partial charge in [0.25, 0.3) is 0 Å². The maximum Gasteiger partial charge on any atom is 0.233 e. The van der Waals surface area contributed by atoms with Crippen molar-refractivity contribution in [1.29, 1.82) is 0 Å². The molecule has 0 spiro atoms. The van der Waals surface area contributed by atoms with Crippen molar-refractivity contribution in [2.45, 2.75) is 31.5 Å². The summed E-state index contributed by atoms with van der Waals surface area (Å²) in [5.74, 6) is 2.03. The molecule has 1 fully saturated rings. The second kappa shape index (κ2) is 9.67. The van der Waals surface area contributed by atoms with Crippen LogP contribution in [0, 0.1) is 5.92 Å². The number of halogens is 1. The van der Waals surface area contributed by atoms with Gasteiger partial charge in [0.2, 0.25) is 5.91 Å². The molecular formula is C23H25ClN4OS. The minimum atomic E-state index is 0.175. The molecule has 156 valence electrons. The summed E-state index contributed by atoms with van der Waals surface area (Å²) in [4.78, 5) is 14.7. The number of carbonyl (C=O) groups is 1. The molecule has 4 rings (SSSR count). The van der Waals surface area contributed by atoms with Gasteiger partial charge in [-0.25, -0.2) is 0 Å². The summed E-state index contributed by atoms with van der Waals surface area (Å²) in [6, 6.07) is 17.8. The molecule has 0 radical (unpaired) electrons. The topological polar surface area (TPSA) is 51.0 Å². The second-order valence-corrected chi connectivity index (χ2v) is 9.12. The van der Waals surface area contributed by atoms with E-state index >= 15 is 0 Å². The van der Waals surface area contributed by atoms with Crippen LogP contribution < -0.4 is 0 Å². The summed E-state index contributed by atoms with van der Waals surface area (Å²) in [6.07, 6.45) is 2.17. The SMILES string of the molecule is CC1CCN(C(=O)CSc2nnc(-c3ccc(Cl)cc3)n2Cc2ccccc2)CC1. The maximum absolute atomic E-state index is 12.7. The Bertz CT molecular complexity index is 982. The lowest BCUT2D eigenvalue weighted by molar-refractivity contribution is -0.129. The number of benzene rings is 2. The monoisotopic (exact) mass is 440 g/mol. The Morgan fingerprint density at radius 1 is 1.07 bits per heavy atom. The van der Waals surface area contributed by atoms with E-state index in [2.05, 4.69) is 33.8 Å². The van der Waals surface area contributed by atoms with E-state index in [0.717, 1.165) is 48.0 Å². The Labute approximate surface area is 186 Å². The van der Waals surface area contributed by atoms with E-state index in [1.165, 1.54) is 11.8 Å². The Morgan fingerprint density at radius 3 is 2.47 bits per heavy atom. The summed E-state index contributed by atoms with van der Waals surface area (Å²) in [7, 11) is 0. The molecule has 2 aromatic carbocycles. The molecule has 0 N–H and O–H groups in total. The molecule has 1 aromatic heterocycles. The number of carbonyl (C=O) groups excluding carboxylic acids is 1. The van der Waals surface area contributed by atoms with Gasteiger partial charge in [0.05, 0.1) is 12.3 Å². The van der Waals surface area contributed by atoms with Crippen LogP contribution in [-0.4, -0.2) is 44.4 Å². The fourth-order valence-electron chi connectivity index (χ4n) is 3.59. The van der Waals surface area contributed by atoms with Gasteiger partial charge in [-0.3, -0.25) is 9.36 Å². The van der Waals surface area contributed by atoms with Gasteiger partial charge in [-0.1, -0.05) is 60.6 Å². The van der Waals surface area contributed by atoms with E-state index in [0.29, 0.717) is 23.2 Å². The smallest absolute Gasteiger partial charge is 0.233 e. The molecule has 2 heterocycles. The van der Waals surface area contributed by atoms with Crippen LogP contribution in [0.2, 0.25) is 5.02 Å². The standard InChI is InChI=1S/C23H25ClN4OS/c1-17-11-13-27(14-12-17)21(29)16-30-23-26-25-22(19-7-9-20(24)10-8-19)28(23)15-18-5-3-2-4-6-18/h2-10,17H,11-16H2,1H3. The molecule has 30 heavy (non-hydrogen) atoms. The summed E-state index contributed by atoms with van der Waals surface area (Å²) in [5.41, 5.74) is 2.11. The highest BCUT2D eigenvalue weighted by Crippen LogP contribution is 2.27. The third-order valence-corrected chi connectivity index (χ3v) is 6.67. The number of nitrogens with zero attached hydrogens (tertiary/aromatic N) is 4. The number of piperidine rings is 1. The first-order valence-electron chi connectivity index (χ1n) is 10.2. The van der Waals surface area contributed by atoms with Crippen LogP contribution in [-0.2, 0) is 11.3 Å². The molecule has 0 saturated carbocycles. The van der Waals surface area contributed by atoms with E-state index in [9.17, 15) is 4.79 Å². The predicted octanol–water partition coefficient (Wildman–Crippen LogP) is 5.00. The molecule has 3 aromatic rings. The van der Waals surface area contributed by atoms with Crippen molar-refractivity contribution in [2.75, 3.05) is 18.8 Å². The number of rotatable bonds is 6. The van der Waals surface area contributed by atoms with Gasteiger partial charge in [0, 0.05) is 23.7 Å². The van der Waals surface area contributed by atoms with Gasteiger partial charge >= 0.3 is 0 Å². The molecule has 0 unspecified atom stereocenters. The van der Waals surface area contributed by atoms with Crippen LogP contribution in [0.3, 0.4) is 0 Å². The molecule has 1 aliphatic heterocycles. The summed E-state index contributed by atoms with van der Waals surface area (Å²) in [5, 5.41) is 10.3. The molecule has 1 saturated heterocycles. The summed E-state index contributed by atoms with van der Waals surface area (Å²) < 4.78 is 2.08. The van der Waals surface area contributed by atoms with Crippen molar-refractivity contribution in [3.63, 3.8) is 0 Å². The highest BCUT2D eigenvalue weighted by atomic mass is 35.5. The van der Waals surface area contributed by atoms with E-state index in [4.69, 9.17) is 11.6 Å². The Kier molecular flexibility index (Phi) is 6.75. The number of thioether (sulfide) groups is 1. The molecule has 7 heteroatoms.